The lowest BCUT2D eigenvalue weighted by Gasteiger charge is -2.07. The molecule has 3 aromatic rings. The molecular weight excluding hydrogens is 262 g/mol. The van der Waals surface area contributed by atoms with Crippen LogP contribution in [0, 0.1) is 11.6 Å². The molecule has 0 spiro atoms. The molecule has 100 valence electrons. The molecule has 0 aliphatic rings. The largest absolute Gasteiger partial charge is 0.367 e. The van der Waals surface area contributed by atoms with Crippen molar-refractivity contribution in [1.29, 1.82) is 0 Å². The Labute approximate surface area is 113 Å². The lowest BCUT2D eigenvalue weighted by Crippen LogP contribution is -1.91. The van der Waals surface area contributed by atoms with E-state index in [1.165, 1.54) is 30.5 Å². The van der Waals surface area contributed by atoms with Crippen molar-refractivity contribution in [3.05, 3.63) is 60.3 Å². The van der Waals surface area contributed by atoms with Gasteiger partial charge in [0.15, 0.2) is 0 Å². The Bertz CT molecular complexity index is 768. The second-order valence-electron chi connectivity index (χ2n) is 4.28. The predicted molar refractivity (Wildman–Crippen MR) is 71.7 cm³/mol. The molecule has 0 atom stereocenters. The molecule has 20 heavy (non-hydrogen) atoms. The normalized spacial score (nSPS) is 10.7. The Morgan fingerprint density at radius 2 is 1.65 bits per heavy atom. The van der Waals surface area contributed by atoms with Crippen LogP contribution in [0.5, 0.6) is 0 Å². The summed E-state index contributed by atoms with van der Waals surface area (Å²) in [6.45, 7) is 0. The minimum atomic E-state index is -0.506. The second-order valence-corrected chi connectivity index (χ2v) is 4.28. The first kappa shape index (κ1) is 12.3. The third-order valence-corrected chi connectivity index (χ3v) is 3.04. The van der Waals surface area contributed by atoms with Crippen molar-refractivity contribution in [1.82, 2.24) is 5.16 Å². The maximum Gasteiger partial charge on any atom is 0.229 e. The lowest BCUT2D eigenvalue weighted by molar-refractivity contribution is 0.436. The molecule has 0 aliphatic carbocycles. The maximum absolute atomic E-state index is 13.9. The fourth-order valence-corrected chi connectivity index (χ4v) is 2.04. The summed E-state index contributed by atoms with van der Waals surface area (Å²) in [4.78, 5) is 0. The summed E-state index contributed by atoms with van der Waals surface area (Å²) in [7, 11) is 0. The third kappa shape index (κ3) is 2.03. The Balaban J connectivity index is 2.18. The number of hydrogen-bond acceptors (Lipinski definition) is 3. The minimum absolute atomic E-state index is 0.135. The average Bonchev–Trinajstić information content (AvgIpc) is 2.87. The first-order valence-corrected chi connectivity index (χ1v) is 5.92. The topological polar surface area (TPSA) is 52.0 Å². The highest BCUT2D eigenvalue weighted by atomic mass is 19.1. The molecule has 0 amide bonds. The van der Waals surface area contributed by atoms with E-state index in [0.29, 0.717) is 11.1 Å². The number of rotatable bonds is 2. The summed E-state index contributed by atoms with van der Waals surface area (Å²) >= 11 is 0. The molecule has 2 aromatic carbocycles. The van der Waals surface area contributed by atoms with Gasteiger partial charge in [-0.2, -0.15) is 0 Å². The smallest absolute Gasteiger partial charge is 0.229 e. The number of nitrogen functional groups attached to an aromatic ring is 1. The fourth-order valence-electron chi connectivity index (χ4n) is 2.04. The lowest BCUT2D eigenvalue weighted by atomic mass is 9.99. The molecule has 1 aromatic heterocycles. The van der Waals surface area contributed by atoms with Crippen LogP contribution in [0.25, 0.3) is 22.3 Å². The number of nitrogens with two attached hydrogens (primary N) is 1. The van der Waals surface area contributed by atoms with Crippen LogP contribution in [-0.2, 0) is 0 Å². The van der Waals surface area contributed by atoms with Crippen molar-refractivity contribution in [2.75, 3.05) is 5.73 Å². The summed E-state index contributed by atoms with van der Waals surface area (Å²) < 4.78 is 32.5. The van der Waals surface area contributed by atoms with Gasteiger partial charge in [0.2, 0.25) is 5.88 Å². The zero-order chi connectivity index (χ0) is 14.1. The molecule has 0 radical (unpaired) electrons. The van der Waals surface area contributed by atoms with Crippen LogP contribution in [0.2, 0.25) is 0 Å². The van der Waals surface area contributed by atoms with Crippen molar-refractivity contribution in [3.63, 3.8) is 0 Å². The van der Waals surface area contributed by atoms with Gasteiger partial charge >= 0.3 is 0 Å². The van der Waals surface area contributed by atoms with Crippen LogP contribution < -0.4 is 5.73 Å². The van der Waals surface area contributed by atoms with Gasteiger partial charge in [0.1, 0.15) is 11.6 Å². The van der Waals surface area contributed by atoms with Crippen molar-refractivity contribution in [2.45, 2.75) is 0 Å². The number of halogens is 2. The van der Waals surface area contributed by atoms with Gasteiger partial charge < -0.3 is 10.3 Å². The predicted octanol–water partition coefficient (Wildman–Crippen LogP) is 3.87. The number of nitrogens with zero attached hydrogens (tertiary/aromatic N) is 1. The van der Waals surface area contributed by atoms with E-state index in [1.807, 2.05) is 0 Å². The van der Waals surface area contributed by atoms with Crippen LogP contribution >= 0.6 is 0 Å². The Kier molecular flexibility index (Phi) is 2.95. The summed E-state index contributed by atoms with van der Waals surface area (Å²) in [6, 6.07) is 10.4. The molecule has 0 fully saturated rings. The van der Waals surface area contributed by atoms with E-state index in [9.17, 15) is 8.78 Å². The Hall–Kier alpha value is -2.69. The van der Waals surface area contributed by atoms with Gasteiger partial charge in [0.25, 0.3) is 0 Å². The number of anilines is 1. The number of benzene rings is 2. The molecule has 0 saturated carbocycles. The molecular formula is C15H10F2N2O. The average molecular weight is 272 g/mol. The Morgan fingerprint density at radius 3 is 2.35 bits per heavy atom. The molecule has 3 rings (SSSR count). The van der Waals surface area contributed by atoms with Gasteiger partial charge in [0.05, 0.1) is 11.8 Å². The van der Waals surface area contributed by atoms with Gasteiger partial charge in [-0.25, -0.2) is 8.78 Å². The second kappa shape index (κ2) is 4.77. The molecule has 5 heteroatoms. The zero-order valence-electron chi connectivity index (χ0n) is 10.3. The first-order chi connectivity index (χ1) is 9.66. The van der Waals surface area contributed by atoms with E-state index in [-0.39, 0.29) is 17.0 Å². The molecule has 1 heterocycles. The summed E-state index contributed by atoms with van der Waals surface area (Å²) in [5.74, 6) is -0.855. The first-order valence-electron chi connectivity index (χ1n) is 5.92. The van der Waals surface area contributed by atoms with Crippen LogP contribution in [0.15, 0.2) is 53.2 Å². The van der Waals surface area contributed by atoms with Gasteiger partial charge in [-0.1, -0.05) is 29.4 Å². The van der Waals surface area contributed by atoms with E-state index in [4.69, 9.17) is 10.3 Å². The van der Waals surface area contributed by atoms with Gasteiger partial charge in [-0.3, -0.25) is 0 Å². The molecule has 3 nitrogen and oxygen atoms in total. The fraction of sp³-hybridized carbons (Fsp3) is 0. The molecule has 0 unspecified atom stereocenters. The number of hydrogen-bond donors (Lipinski definition) is 1. The summed E-state index contributed by atoms with van der Waals surface area (Å²) in [5, 5.41) is 3.57. The van der Waals surface area contributed by atoms with Crippen molar-refractivity contribution < 1.29 is 13.3 Å². The van der Waals surface area contributed by atoms with Crippen LogP contribution in [0.3, 0.4) is 0 Å². The molecule has 0 saturated heterocycles. The van der Waals surface area contributed by atoms with Crippen LogP contribution in [0.4, 0.5) is 14.7 Å². The van der Waals surface area contributed by atoms with E-state index in [1.54, 1.807) is 18.2 Å². The zero-order valence-corrected chi connectivity index (χ0v) is 10.3. The monoisotopic (exact) mass is 272 g/mol. The molecule has 0 bridgehead atoms. The quantitative estimate of drug-likeness (QED) is 0.770. The van der Waals surface area contributed by atoms with Crippen molar-refractivity contribution in [2.24, 2.45) is 0 Å². The Morgan fingerprint density at radius 1 is 0.900 bits per heavy atom. The molecule has 2 N–H and O–H groups in total. The van der Waals surface area contributed by atoms with Crippen LogP contribution in [0.1, 0.15) is 0 Å². The highest BCUT2D eigenvalue weighted by Crippen LogP contribution is 2.32. The summed E-state index contributed by atoms with van der Waals surface area (Å²) in [6.07, 6.45) is 1.44. The van der Waals surface area contributed by atoms with Gasteiger partial charge in [-0.05, 0) is 23.8 Å². The molecule has 0 aliphatic heterocycles. The van der Waals surface area contributed by atoms with Gasteiger partial charge in [-0.15, -0.1) is 0 Å². The van der Waals surface area contributed by atoms with E-state index >= 15 is 0 Å². The van der Waals surface area contributed by atoms with E-state index in [0.717, 1.165) is 0 Å². The standard InChI is InChI=1S/C15H10F2N2O/c16-13-4-2-1-3-10(13)11-7-9(5-6-14(11)17)12-8-19-20-15(12)18/h1-8H,18H2. The van der Waals surface area contributed by atoms with Crippen LogP contribution in [-0.4, -0.2) is 5.16 Å². The van der Waals surface area contributed by atoms with Gasteiger partial charge in [0, 0.05) is 11.1 Å². The van der Waals surface area contributed by atoms with Crippen molar-refractivity contribution in [3.8, 4) is 22.3 Å². The highest BCUT2D eigenvalue weighted by Gasteiger charge is 2.13. The SMILES string of the molecule is Nc1oncc1-c1ccc(F)c(-c2ccccc2F)c1. The third-order valence-electron chi connectivity index (χ3n) is 3.04. The highest BCUT2D eigenvalue weighted by molar-refractivity contribution is 5.77. The van der Waals surface area contributed by atoms with E-state index < -0.39 is 11.6 Å². The number of aromatic nitrogens is 1. The summed E-state index contributed by atoms with van der Waals surface area (Å²) in [5.41, 5.74) is 7.15. The maximum atomic E-state index is 13.9. The minimum Gasteiger partial charge on any atom is -0.367 e. The van der Waals surface area contributed by atoms with Crippen molar-refractivity contribution >= 4 is 5.88 Å². The van der Waals surface area contributed by atoms with E-state index in [2.05, 4.69) is 5.16 Å².